The lowest BCUT2D eigenvalue weighted by Gasteiger charge is -2.44. The van der Waals surface area contributed by atoms with Crippen molar-refractivity contribution in [3.63, 3.8) is 0 Å². The molecule has 37 heavy (non-hydrogen) atoms. The number of para-hydroxylation sites is 2. The van der Waals surface area contributed by atoms with E-state index in [0.717, 1.165) is 55.0 Å². The minimum atomic E-state index is 0.160. The first-order valence-corrected chi connectivity index (χ1v) is 13.8. The summed E-state index contributed by atoms with van der Waals surface area (Å²) in [5, 5.41) is 3.91. The number of anilines is 2. The number of piperazine rings is 1. The number of methoxy groups -OCH3 is 1. The lowest BCUT2D eigenvalue weighted by atomic mass is 9.68. The Hall–Kier alpha value is -3.47. The summed E-state index contributed by atoms with van der Waals surface area (Å²) in [6.45, 7) is 3.07. The molecule has 2 heterocycles. The number of hydrogen-bond donors (Lipinski definition) is 1. The molecule has 0 spiro atoms. The fourth-order valence-electron chi connectivity index (χ4n) is 7.83. The lowest BCUT2D eigenvalue weighted by molar-refractivity contribution is 0.0746. The second kappa shape index (κ2) is 9.13. The zero-order valence-electron chi connectivity index (χ0n) is 21.5. The van der Waals surface area contributed by atoms with Crippen LogP contribution in [-0.2, 0) is 0 Å². The van der Waals surface area contributed by atoms with Gasteiger partial charge in [-0.05, 0) is 84.4 Å². The third-order valence-corrected chi connectivity index (χ3v) is 9.49. The predicted octanol–water partition coefficient (Wildman–Crippen LogP) is 5.95. The van der Waals surface area contributed by atoms with Crippen molar-refractivity contribution >= 4 is 17.3 Å². The maximum absolute atomic E-state index is 13.7. The first-order chi connectivity index (χ1) is 18.2. The van der Waals surface area contributed by atoms with Gasteiger partial charge in [0.1, 0.15) is 5.75 Å². The number of ether oxygens (including phenoxy) is 1. The molecule has 2 saturated carbocycles. The monoisotopic (exact) mass is 493 g/mol. The largest absolute Gasteiger partial charge is 0.495 e. The zero-order valence-corrected chi connectivity index (χ0v) is 21.5. The van der Waals surface area contributed by atoms with E-state index >= 15 is 0 Å². The number of carbonyl (C=O) groups excluding carboxylic acids is 1. The molecule has 0 radical (unpaired) electrons. The summed E-state index contributed by atoms with van der Waals surface area (Å²) < 4.78 is 5.56. The van der Waals surface area contributed by atoms with Crippen molar-refractivity contribution < 1.29 is 9.53 Å². The molecule has 0 unspecified atom stereocenters. The molecule has 0 aromatic heterocycles. The molecule has 190 valence electrons. The quantitative estimate of drug-likeness (QED) is 0.488. The summed E-state index contributed by atoms with van der Waals surface area (Å²) in [5.74, 6) is 3.74. The Morgan fingerprint density at radius 3 is 2.46 bits per heavy atom. The van der Waals surface area contributed by atoms with E-state index in [9.17, 15) is 4.79 Å². The number of nitrogens with zero attached hydrogens (tertiary/aromatic N) is 2. The van der Waals surface area contributed by atoms with Crippen LogP contribution in [0.4, 0.5) is 11.4 Å². The van der Waals surface area contributed by atoms with Crippen LogP contribution >= 0.6 is 0 Å². The molecule has 2 aliphatic heterocycles. The summed E-state index contributed by atoms with van der Waals surface area (Å²) in [5.41, 5.74) is 5.94. The standard InChI is InChI=1S/C32H35N3O2/c1-37-28-10-6-5-9-27(28)34-15-17-35(18-16-34)32(36)24-13-14-26-25(20-24)29-22-11-12-23(19-22)30(29)31(33-26)21-7-3-2-4-8-21/h2-10,13-14,20,22-23,29-31,33H,11-12,15-19H2,1H3/t22-,23-,29+,30-,31+/m0/s1. The highest BCUT2D eigenvalue weighted by Crippen LogP contribution is 2.63. The Kier molecular flexibility index (Phi) is 5.60. The second-order valence-electron chi connectivity index (χ2n) is 11.2. The van der Waals surface area contributed by atoms with Gasteiger partial charge in [-0.1, -0.05) is 42.5 Å². The summed E-state index contributed by atoms with van der Waals surface area (Å²) in [4.78, 5) is 18.0. The molecule has 4 aliphatic rings. The smallest absolute Gasteiger partial charge is 0.253 e. The van der Waals surface area contributed by atoms with Crippen molar-refractivity contribution in [2.45, 2.75) is 31.2 Å². The number of benzene rings is 3. The van der Waals surface area contributed by atoms with Crippen LogP contribution in [0.1, 0.15) is 52.7 Å². The van der Waals surface area contributed by atoms with Gasteiger partial charge in [0.2, 0.25) is 0 Å². The van der Waals surface area contributed by atoms with Gasteiger partial charge < -0.3 is 19.9 Å². The van der Waals surface area contributed by atoms with E-state index in [1.165, 1.54) is 36.1 Å². The number of hydrogen-bond acceptors (Lipinski definition) is 4. The van der Waals surface area contributed by atoms with Gasteiger partial charge in [0, 0.05) is 37.4 Å². The number of amides is 1. The molecule has 7 rings (SSSR count). The molecular weight excluding hydrogens is 458 g/mol. The Bertz CT molecular complexity index is 1300. The predicted molar refractivity (Wildman–Crippen MR) is 147 cm³/mol. The number of carbonyl (C=O) groups is 1. The molecule has 3 aromatic rings. The Morgan fingerprint density at radius 1 is 0.892 bits per heavy atom. The SMILES string of the molecule is COc1ccccc1N1CCN(C(=O)c2ccc3c(c2)[C@H]2[C@H]4CC[C@@H](C4)[C@@H]2[C@@H](c2ccccc2)N3)CC1. The number of fused-ring (bicyclic) bond motifs is 7. The van der Waals surface area contributed by atoms with Crippen molar-refractivity contribution in [2.75, 3.05) is 43.5 Å². The molecular formula is C32H35N3O2. The van der Waals surface area contributed by atoms with Crippen molar-refractivity contribution in [2.24, 2.45) is 17.8 Å². The van der Waals surface area contributed by atoms with Gasteiger partial charge in [-0.3, -0.25) is 4.79 Å². The highest BCUT2D eigenvalue weighted by molar-refractivity contribution is 5.95. The van der Waals surface area contributed by atoms with Gasteiger partial charge in [0.25, 0.3) is 5.91 Å². The summed E-state index contributed by atoms with van der Waals surface area (Å²) in [7, 11) is 1.71. The molecule has 1 amide bonds. The first-order valence-electron chi connectivity index (χ1n) is 13.8. The molecule has 5 nitrogen and oxygen atoms in total. The molecule has 2 aliphatic carbocycles. The van der Waals surface area contributed by atoms with Crippen LogP contribution < -0.4 is 15.0 Å². The fourth-order valence-corrected chi connectivity index (χ4v) is 7.83. The van der Waals surface area contributed by atoms with Crippen LogP contribution in [-0.4, -0.2) is 44.1 Å². The minimum Gasteiger partial charge on any atom is -0.495 e. The highest BCUT2D eigenvalue weighted by atomic mass is 16.5. The van der Waals surface area contributed by atoms with Crippen LogP contribution in [0.5, 0.6) is 5.75 Å². The highest BCUT2D eigenvalue weighted by Gasteiger charge is 2.53. The van der Waals surface area contributed by atoms with E-state index in [1.54, 1.807) is 7.11 Å². The third-order valence-electron chi connectivity index (χ3n) is 9.49. The van der Waals surface area contributed by atoms with E-state index in [-0.39, 0.29) is 5.91 Å². The fraction of sp³-hybridized carbons (Fsp3) is 0.406. The minimum absolute atomic E-state index is 0.160. The second-order valence-corrected chi connectivity index (χ2v) is 11.2. The van der Waals surface area contributed by atoms with Crippen LogP contribution in [0.15, 0.2) is 72.8 Å². The average Bonchev–Trinajstić information content (AvgIpc) is 3.60. The van der Waals surface area contributed by atoms with Gasteiger partial charge >= 0.3 is 0 Å². The van der Waals surface area contributed by atoms with E-state index in [2.05, 4.69) is 58.7 Å². The Morgan fingerprint density at radius 2 is 1.65 bits per heavy atom. The van der Waals surface area contributed by atoms with E-state index < -0.39 is 0 Å². The number of nitrogens with one attached hydrogen (secondary N) is 1. The molecule has 1 saturated heterocycles. The molecule has 3 fully saturated rings. The Labute approximate surface area is 219 Å². The van der Waals surface area contributed by atoms with E-state index in [1.807, 2.05) is 29.2 Å². The van der Waals surface area contributed by atoms with Crippen LogP contribution in [0.3, 0.4) is 0 Å². The van der Waals surface area contributed by atoms with Gasteiger partial charge in [-0.2, -0.15) is 0 Å². The molecule has 2 bridgehead atoms. The number of rotatable bonds is 4. The van der Waals surface area contributed by atoms with Crippen LogP contribution in [0.25, 0.3) is 0 Å². The summed E-state index contributed by atoms with van der Waals surface area (Å²) in [6.07, 6.45) is 4.01. The molecule has 3 aromatic carbocycles. The van der Waals surface area contributed by atoms with Crippen molar-refractivity contribution in [3.05, 3.63) is 89.5 Å². The maximum Gasteiger partial charge on any atom is 0.253 e. The van der Waals surface area contributed by atoms with E-state index in [4.69, 9.17) is 4.74 Å². The molecule has 1 N–H and O–H groups in total. The zero-order chi connectivity index (χ0) is 24.9. The third kappa shape index (κ3) is 3.78. The van der Waals surface area contributed by atoms with Crippen LogP contribution in [0, 0.1) is 17.8 Å². The Balaban J connectivity index is 1.12. The van der Waals surface area contributed by atoms with Crippen molar-refractivity contribution in [1.29, 1.82) is 0 Å². The van der Waals surface area contributed by atoms with Crippen molar-refractivity contribution in [3.8, 4) is 5.75 Å². The molecule has 5 atom stereocenters. The topological polar surface area (TPSA) is 44.8 Å². The van der Waals surface area contributed by atoms with Crippen molar-refractivity contribution in [1.82, 2.24) is 4.90 Å². The maximum atomic E-state index is 13.7. The normalized spacial score (nSPS) is 27.9. The van der Waals surface area contributed by atoms with Gasteiger partial charge in [-0.25, -0.2) is 0 Å². The summed E-state index contributed by atoms with van der Waals surface area (Å²) in [6, 6.07) is 25.9. The average molecular weight is 494 g/mol. The summed E-state index contributed by atoms with van der Waals surface area (Å²) >= 11 is 0. The van der Waals surface area contributed by atoms with Gasteiger partial charge in [0.15, 0.2) is 0 Å². The first kappa shape index (κ1) is 22.7. The van der Waals surface area contributed by atoms with Gasteiger partial charge in [-0.15, -0.1) is 0 Å². The molecule has 5 heteroatoms. The van der Waals surface area contributed by atoms with Gasteiger partial charge in [0.05, 0.1) is 18.8 Å². The lowest BCUT2D eigenvalue weighted by Crippen LogP contribution is -2.49. The van der Waals surface area contributed by atoms with E-state index in [0.29, 0.717) is 17.9 Å². The van der Waals surface area contributed by atoms with Crippen LogP contribution in [0.2, 0.25) is 0 Å².